The number of aromatic amines is 1. The van der Waals surface area contributed by atoms with Gasteiger partial charge in [0.15, 0.2) is 5.65 Å². The van der Waals surface area contributed by atoms with Crippen molar-refractivity contribution in [3.8, 4) is 17.3 Å². The van der Waals surface area contributed by atoms with Crippen LogP contribution < -0.4 is 10.5 Å². The van der Waals surface area contributed by atoms with E-state index in [1.165, 1.54) is 18.2 Å². The Hall–Kier alpha value is -2.63. The predicted octanol–water partition coefficient (Wildman–Crippen LogP) is 2.74. The Balaban J connectivity index is 2.10. The van der Waals surface area contributed by atoms with E-state index in [0.29, 0.717) is 35.2 Å². The number of ether oxygens (including phenoxy) is 1. The van der Waals surface area contributed by atoms with Gasteiger partial charge in [0.2, 0.25) is 5.88 Å². The molecule has 0 saturated carbocycles. The number of H-pyrrole nitrogens is 1. The molecule has 3 N–H and O–H groups in total. The summed E-state index contributed by atoms with van der Waals surface area (Å²) in [5.74, 6) is 0.626. The van der Waals surface area contributed by atoms with Gasteiger partial charge < -0.3 is 15.5 Å². The van der Waals surface area contributed by atoms with Crippen LogP contribution in [0.4, 0.5) is 10.1 Å². The number of imidazole rings is 1. The van der Waals surface area contributed by atoms with Crippen LogP contribution in [0.2, 0.25) is 0 Å². The number of halogens is 1. The monoisotopic (exact) mass is 272 g/mol. The number of aromatic nitrogens is 3. The Labute approximate surface area is 114 Å². The van der Waals surface area contributed by atoms with Gasteiger partial charge in [-0.3, -0.25) is 0 Å². The van der Waals surface area contributed by atoms with Gasteiger partial charge in [-0.2, -0.15) is 4.98 Å². The molecule has 0 atom stereocenters. The van der Waals surface area contributed by atoms with Gasteiger partial charge in [0, 0.05) is 17.3 Å². The van der Waals surface area contributed by atoms with Crippen molar-refractivity contribution in [1.82, 2.24) is 15.0 Å². The number of fused-ring (bicyclic) bond motifs is 1. The van der Waals surface area contributed by atoms with Crippen LogP contribution in [-0.4, -0.2) is 21.6 Å². The molecule has 0 aliphatic rings. The van der Waals surface area contributed by atoms with Gasteiger partial charge in [-0.1, -0.05) is 0 Å². The van der Waals surface area contributed by atoms with Crippen molar-refractivity contribution in [3.05, 3.63) is 36.1 Å². The molecule has 0 aliphatic heterocycles. The quantitative estimate of drug-likeness (QED) is 0.719. The first-order valence-electron chi connectivity index (χ1n) is 6.22. The molecule has 6 heteroatoms. The lowest BCUT2D eigenvalue weighted by molar-refractivity contribution is 0.328. The lowest BCUT2D eigenvalue weighted by Gasteiger charge is -2.01. The topological polar surface area (TPSA) is 76.8 Å². The summed E-state index contributed by atoms with van der Waals surface area (Å²) >= 11 is 0. The normalized spacial score (nSPS) is 10.9. The second kappa shape index (κ2) is 4.80. The molecule has 5 nitrogen and oxygen atoms in total. The van der Waals surface area contributed by atoms with Crippen molar-refractivity contribution in [2.75, 3.05) is 12.3 Å². The fourth-order valence-corrected chi connectivity index (χ4v) is 1.96. The Bertz CT molecular complexity index is 769. The molecule has 0 unspecified atom stereocenters. The lowest BCUT2D eigenvalue weighted by Crippen LogP contribution is -1.93. The van der Waals surface area contributed by atoms with E-state index in [9.17, 15) is 4.39 Å². The van der Waals surface area contributed by atoms with Crippen LogP contribution in [0, 0.1) is 5.82 Å². The summed E-state index contributed by atoms with van der Waals surface area (Å²) in [5, 5.41) is 0. The third-order valence-electron chi connectivity index (χ3n) is 2.88. The first-order chi connectivity index (χ1) is 9.67. The van der Waals surface area contributed by atoms with E-state index >= 15 is 0 Å². The molecule has 0 bridgehead atoms. The average molecular weight is 272 g/mol. The van der Waals surface area contributed by atoms with Gasteiger partial charge in [-0.25, -0.2) is 9.37 Å². The van der Waals surface area contributed by atoms with Gasteiger partial charge >= 0.3 is 0 Å². The number of nitrogen functional groups attached to an aromatic ring is 1. The summed E-state index contributed by atoms with van der Waals surface area (Å²) in [7, 11) is 0. The van der Waals surface area contributed by atoms with E-state index in [1.54, 1.807) is 6.07 Å². The van der Waals surface area contributed by atoms with Crippen LogP contribution in [0.25, 0.3) is 22.6 Å². The second-order valence-corrected chi connectivity index (χ2v) is 4.27. The van der Waals surface area contributed by atoms with E-state index < -0.39 is 0 Å². The SMILES string of the molecule is CCOc1ccc2[nH]c(-c3cc(F)ccc3N)nc2n1. The summed E-state index contributed by atoms with van der Waals surface area (Å²) in [6.45, 7) is 2.42. The Morgan fingerprint density at radius 3 is 2.90 bits per heavy atom. The van der Waals surface area contributed by atoms with Crippen molar-refractivity contribution in [1.29, 1.82) is 0 Å². The molecule has 0 aliphatic carbocycles. The highest BCUT2D eigenvalue weighted by Gasteiger charge is 2.11. The van der Waals surface area contributed by atoms with Gasteiger partial charge in [0.25, 0.3) is 0 Å². The molecule has 3 aromatic rings. The highest BCUT2D eigenvalue weighted by molar-refractivity contribution is 5.80. The summed E-state index contributed by atoms with van der Waals surface area (Å²) in [4.78, 5) is 11.7. The molecule has 0 radical (unpaired) electrons. The first kappa shape index (κ1) is 12.4. The summed E-state index contributed by atoms with van der Waals surface area (Å²) in [5.41, 5.74) is 8.07. The maximum atomic E-state index is 13.3. The number of nitrogens with two attached hydrogens (primary N) is 1. The fourth-order valence-electron chi connectivity index (χ4n) is 1.96. The molecule has 0 saturated heterocycles. The predicted molar refractivity (Wildman–Crippen MR) is 74.9 cm³/mol. The Morgan fingerprint density at radius 2 is 2.10 bits per heavy atom. The minimum Gasteiger partial charge on any atom is -0.478 e. The molecule has 102 valence electrons. The minimum atomic E-state index is -0.363. The first-order valence-corrected chi connectivity index (χ1v) is 6.22. The third kappa shape index (κ3) is 2.16. The van der Waals surface area contributed by atoms with E-state index in [1.807, 2.05) is 13.0 Å². The van der Waals surface area contributed by atoms with Gasteiger partial charge in [-0.05, 0) is 31.2 Å². The van der Waals surface area contributed by atoms with Crippen LogP contribution in [0.15, 0.2) is 30.3 Å². The van der Waals surface area contributed by atoms with Crippen molar-refractivity contribution in [2.24, 2.45) is 0 Å². The molecule has 0 spiro atoms. The smallest absolute Gasteiger partial charge is 0.215 e. The fraction of sp³-hybridized carbons (Fsp3) is 0.143. The number of nitrogens with one attached hydrogen (secondary N) is 1. The zero-order chi connectivity index (χ0) is 14.1. The van der Waals surface area contributed by atoms with Crippen molar-refractivity contribution >= 4 is 16.9 Å². The number of anilines is 1. The van der Waals surface area contributed by atoms with Crippen LogP contribution in [-0.2, 0) is 0 Å². The Kier molecular flexibility index (Phi) is 2.98. The number of nitrogens with zero attached hydrogens (tertiary/aromatic N) is 2. The van der Waals surface area contributed by atoms with Crippen molar-refractivity contribution < 1.29 is 9.13 Å². The van der Waals surface area contributed by atoms with Gasteiger partial charge in [0.1, 0.15) is 11.6 Å². The molecule has 3 rings (SSSR count). The molecule has 2 aromatic heterocycles. The lowest BCUT2D eigenvalue weighted by atomic mass is 10.1. The maximum Gasteiger partial charge on any atom is 0.215 e. The third-order valence-corrected chi connectivity index (χ3v) is 2.88. The summed E-state index contributed by atoms with van der Waals surface area (Å²) in [6, 6.07) is 7.74. The molecule has 2 heterocycles. The minimum absolute atomic E-state index is 0.363. The number of hydrogen-bond acceptors (Lipinski definition) is 4. The van der Waals surface area contributed by atoms with Crippen molar-refractivity contribution in [3.63, 3.8) is 0 Å². The second-order valence-electron chi connectivity index (χ2n) is 4.27. The molecule has 20 heavy (non-hydrogen) atoms. The van der Waals surface area contributed by atoms with E-state index in [-0.39, 0.29) is 5.82 Å². The van der Waals surface area contributed by atoms with Crippen LogP contribution in [0.5, 0.6) is 5.88 Å². The Morgan fingerprint density at radius 1 is 1.25 bits per heavy atom. The van der Waals surface area contributed by atoms with Crippen molar-refractivity contribution in [2.45, 2.75) is 6.92 Å². The number of benzene rings is 1. The number of rotatable bonds is 3. The van der Waals surface area contributed by atoms with Crippen LogP contribution in [0.3, 0.4) is 0 Å². The van der Waals surface area contributed by atoms with Gasteiger partial charge in [-0.15, -0.1) is 0 Å². The standard InChI is InChI=1S/C14H13FN4O/c1-2-20-12-6-5-11-14(18-12)19-13(17-11)9-7-8(15)3-4-10(9)16/h3-7H,2,16H2,1H3,(H,17,18,19). The van der Waals surface area contributed by atoms with Gasteiger partial charge in [0.05, 0.1) is 12.1 Å². The zero-order valence-electron chi connectivity index (χ0n) is 10.9. The molecular formula is C14H13FN4O. The number of pyridine rings is 1. The summed E-state index contributed by atoms with van der Waals surface area (Å²) in [6.07, 6.45) is 0. The van der Waals surface area contributed by atoms with E-state index in [2.05, 4.69) is 15.0 Å². The highest BCUT2D eigenvalue weighted by atomic mass is 19.1. The van der Waals surface area contributed by atoms with E-state index in [0.717, 1.165) is 5.52 Å². The summed E-state index contributed by atoms with van der Waals surface area (Å²) < 4.78 is 18.6. The molecule has 1 aromatic carbocycles. The maximum absolute atomic E-state index is 13.3. The average Bonchev–Trinajstić information content (AvgIpc) is 2.85. The molecule has 0 fully saturated rings. The number of hydrogen-bond donors (Lipinski definition) is 2. The zero-order valence-corrected chi connectivity index (χ0v) is 10.9. The van der Waals surface area contributed by atoms with Crippen LogP contribution >= 0.6 is 0 Å². The molecular weight excluding hydrogens is 259 g/mol. The van der Waals surface area contributed by atoms with E-state index in [4.69, 9.17) is 10.5 Å². The highest BCUT2D eigenvalue weighted by Crippen LogP contribution is 2.26. The molecule has 0 amide bonds. The largest absolute Gasteiger partial charge is 0.478 e. The van der Waals surface area contributed by atoms with Crippen LogP contribution in [0.1, 0.15) is 6.92 Å².